The highest BCUT2D eigenvalue weighted by atomic mass is 32.2. The van der Waals surface area contributed by atoms with Crippen molar-refractivity contribution < 1.29 is 26.4 Å². The number of nitrogens with zero attached hydrogens (tertiary/aromatic N) is 2. The zero-order valence-corrected chi connectivity index (χ0v) is 18.0. The number of hydrogen-bond acceptors (Lipinski definition) is 4. The van der Waals surface area contributed by atoms with Gasteiger partial charge in [-0.15, -0.1) is 0 Å². The lowest BCUT2D eigenvalue weighted by atomic mass is 10.1. The number of hydrogen-bond donors (Lipinski definition) is 1. The van der Waals surface area contributed by atoms with Gasteiger partial charge in [0.25, 0.3) is 0 Å². The molecule has 3 rings (SSSR count). The van der Waals surface area contributed by atoms with Crippen LogP contribution in [0.5, 0.6) is 0 Å². The van der Waals surface area contributed by atoms with E-state index in [4.69, 9.17) is 0 Å². The molecule has 2 aromatic rings. The minimum Gasteiger partial charge on any atom is -0.372 e. The molecule has 31 heavy (non-hydrogen) atoms. The van der Waals surface area contributed by atoms with Gasteiger partial charge in [0.1, 0.15) is 6.04 Å². The molecule has 0 unspecified atom stereocenters. The van der Waals surface area contributed by atoms with Crippen LogP contribution in [0.2, 0.25) is 0 Å². The van der Waals surface area contributed by atoms with E-state index < -0.39 is 33.7 Å². The van der Waals surface area contributed by atoms with Gasteiger partial charge >= 0.3 is 6.18 Å². The predicted molar refractivity (Wildman–Crippen MR) is 115 cm³/mol. The molecule has 0 radical (unpaired) electrons. The fourth-order valence-electron chi connectivity index (χ4n) is 3.61. The van der Waals surface area contributed by atoms with Crippen molar-refractivity contribution in [2.45, 2.75) is 32.0 Å². The Labute approximate surface area is 179 Å². The van der Waals surface area contributed by atoms with E-state index in [0.717, 1.165) is 56.1 Å². The number of carbonyl (C=O) groups excluding carboxylic acids is 1. The van der Waals surface area contributed by atoms with Crippen molar-refractivity contribution in [3.63, 3.8) is 0 Å². The Morgan fingerprint density at radius 3 is 2.26 bits per heavy atom. The normalized spacial score (nSPS) is 15.6. The van der Waals surface area contributed by atoms with Gasteiger partial charge in [0.2, 0.25) is 15.9 Å². The van der Waals surface area contributed by atoms with E-state index in [2.05, 4.69) is 10.2 Å². The van der Waals surface area contributed by atoms with Gasteiger partial charge in [-0.3, -0.25) is 9.10 Å². The minimum absolute atomic E-state index is 0.232. The van der Waals surface area contributed by atoms with Crippen LogP contribution >= 0.6 is 0 Å². The number of benzene rings is 2. The lowest BCUT2D eigenvalue weighted by Gasteiger charge is -2.28. The average molecular weight is 456 g/mol. The van der Waals surface area contributed by atoms with Crippen LogP contribution in [0.15, 0.2) is 48.5 Å². The van der Waals surface area contributed by atoms with Gasteiger partial charge in [0, 0.05) is 24.5 Å². The van der Waals surface area contributed by atoms with E-state index in [9.17, 15) is 26.4 Å². The molecule has 168 valence electrons. The number of rotatable bonds is 6. The molecule has 10 heteroatoms. The summed E-state index contributed by atoms with van der Waals surface area (Å²) >= 11 is 0. The molecule has 0 aromatic heterocycles. The Kier molecular flexibility index (Phi) is 6.49. The van der Waals surface area contributed by atoms with Crippen LogP contribution in [-0.2, 0) is 21.0 Å². The van der Waals surface area contributed by atoms with Gasteiger partial charge in [-0.05, 0) is 62.2 Å². The van der Waals surface area contributed by atoms with Crippen molar-refractivity contribution in [3.05, 3.63) is 54.1 Å². The number of alkyl halides is 3. The predicted octanol–water partition coefficient (Wildman–Crippen LogP) is 4.10. The third-order valence-electron chi connectivity index (χ3n) is 5.12. The number of anilines is 3. The van der Waals surface area contributed by atoms with Gasteiger partial charge in [0.15, 0.2) is 0 Å². The zero-order chi connectivity index (χ0) is 22.8. The van der Waals surface area contributed by atoms with Crippen molar-refractivity contribution in [1.82, 2.24) is 0 Å². The van der Waals surface area contributed by atoms with E-state index in [-0.39, 0.29) is 5.69 Å². The van der Waals surface area contributed by atoms with Gasteiger partial charge in [-0.25, -0.2) is 8.42 Å². The maximum atomic E-state index is 13.1. The molecule has 6 nitrogen and oxygen atoms in total. The molecule has 1 heterocycles. The molecule has 1 atom stereocenters. The lowest BCUT2D eigenvalue weighted by Crippen LogP contribution is -2.45. The van der Waals surface area contributed by atoms with Gasteiger partial charge in [-0.1, -0.05) is 6.07 Å². The standard InChI is InChI=1S/C21H24F3N3O3S/c1-15(20(28)25-17-8-10-18(11-9-17)26-12-3-4-13-26)27(31(2,29)30)19-7-5-6-16(14-19)21(22,23)24/h5-11,14-15H,3-4,12-13H2,1-2H3,(H,25,28)/t15-/m0/s1. The van der Waals surface area contributed by atoms with Crippen LogP contribution in [0, 0.1) is 0 Å². The van der Waals surface area contributed by atoms with Crippen LogP contribution in [-0.4, -0.2) is 39.7 Å². The molecule has 0 spiro atoms. The first-order valence-corrected chi connectivity index (χ1v) is 11.6. The molecule has 1 saturated heterocycles. The summed E-state index contributed by atoms with van der Waals surface area (Å²) in [5.74, 6) is -0.656. The summed E-state index contributed by atoms with van der Waals surface area (Å²) in [4.78, 5) is 15.0. The SMILES string of the molecule is C[C@@H](C(=O)Nc1ccc(N2CCCC2)cc1)N(c1cccc(C(F)(F)F)c1)S(C)(=O)=O. The van der Waals surface area contributed by atoms with Crippen molar-refractivity contribution in [2.75, 3.05) is 33.9 Å². The van der Waals surface area contributed by atoms with Crippen molar-refractivity contribution in [3.8, 4) is 0 Å². The number of carbonyl (C=O) groups is 1. The summed E-state index contributed by atoms with van der Waals surface area (Å²) in [7, 11) is -4.04. The molecular weight excluding hydrogens is 431 g/mol. The molecule has 1 amide bonds. The summed E-state index contributed by atoms with van der Waals surface area (Å²) in [6.07, 6.45) is -1.52. The third kappa shape index (κ3) is 5.49. The lowest BCUT2D eigenvalue weighted by molar-refractivity contribution is -0.137. The number of nitrogens with one attached hydrogen (secondary N) is 1. The quantitative estimate of drug-likeness (QED) is 0.712. The second kappa shape index (κ2) is 8.78. The van der Waals surface area contributed by atoms with Crippen molar-refractivity contribution in [1.29, 1.82) is 0 Å². The maximum absolute atomic E-state index is 13.1. The topological polar surface area (TPSA) is 69.7 Å². The van der Waals surface area contributed by atoms with Crippen LogP contribution < -0.4 is 14.5 Å². The van der Waals surface area contributed by atoms with E-state index >= 15 is 0 Å². The fraction of sp³-hybridized carbons (Fsp3) is 0.381. The summed E-state index contributed by atoms with van der Waals surface area (Å²) in [6, 6.07) is 9.80. The molecule has 2 aromatic carbocycles. The van der Waals surface area contributed by atoms with E-state index in [1.54, 1.807) is 12.1 Å². The molecule has 1 fully saturated rings. The van der Waals surface area contributed by atoms with Gasteiger partial charge < -0.3 is 10.2 Å². The summed E-state index contributed by atoms with van der Waals surface area (Å²) in [5, 5.41) is 2.64. The Bertz CT molecular complexity index is 1030. The third-order valence-corrected chi connectivity index (χ3v) is 6.36. The summed E-state index contributed by atoms with van der Waals surface area (Å²) < 4.78 is 64.6. The van der Waals surface area contributed by atoms with Crippen molar-refractivity contribution >= 4 is 33.0 Å². The summed E-state index contributed by atoms with van der Waals surface area (Å²) in [5.41, 5.74) is 0.274. The molecule has 1 aliphatic rings. The number of halogens is 3. The molecule has 0 aliphatic carbocycles. The molecular formula is C21H24F3N3O3S. The van der Waals surface area contributed by atoms with E-state index in [1.165, 1.54) is 13.0 Å². The van der Waals surface area contributed by atoms with Gasteiger partial charge in [0.05, 0.1) is 17.5 Å². The van der Waals surface area contributed by atoms with Crippen LogP contribution in [0.1, 0.15) is 25.3 Å². The van der Waals surface area contributed by atoms with Crippen LogP contribution in [0.25, 0.3) is 0 Å². The largest absolute Gasteiger partial charge is 0.416 e. The molecule has 1 aliphatic heterocycles. The number of sulfonamides is 1. The zero-order valence-electron chi connectivity index (χ0n) is 17.2. The van der Waals surface area contributed by atoms with E-state index in [0.29, 0.717) is 9.99 Å². The smallest absolute Gasteiger partial charge is 0.372 e. The Balaban J connectivity index is 1.80. The maximum Gasteiger partial charge on any atom is 0.416 e. The first-order valence-electron chi connectivity index (χ1n) is 9.79. The van der Waals surface area contributed by atoms with E-state index in [1.807, 2.05) is 12.1 Å². The second-order valence-corrected chi connectivity index (χ2v) is 9.37. The van der Waals surface area contributed by atoms with Crippen molar-refractivity contribution in [2.24, 2.45) is 0 Å². The second-order valence-electron chi connectivity index (χ2n) is 7.51. The minimum atomic E-state index is -4.64. The number of amides is 1. The Morgan fingerprint density at radius 2 is 1.71 bits per heavy atom. The van der Waals surface area contributed by atoms with Gasteiger partial charge in [-0.2, -0.15) is 13.2 Å². The van der Waals surface area contributed by atoms with Crippen LogP contribution in [0.4, 0.5) is 30.2 Å². The highest BCUT2D eigenvalue weighted by Gasteiger charge is 2.34. The Hall–Kier alpha value is -2.75. The monoisotopic (exact) mass is 455 g/mol. The highest BCUT2D eigenvalue weighted by Crippen LogP contribution is 2.33. The van der Waals surface area contributed by atoms with Crippen LogP contribution in [0.3, 0.4) is 0 Å². The first kappa shape index (κ1) is 22.9. The molecule has 1 N–H and O–H groups in total. The average Bonchev–Trinajstić information content (AvgIpc) is 3.22. The first-order chi connectivity index (χ1) is 14.5. The Morgan fingerprint density at radius 1 is 1.10 bits per heavy atom. The molecule has 0 saturated carbocycles. The highest BCUT2D eigenvalue weighted by molar-refractivity contribution is 7.92. The molecule has 0 bridgehead atoms. The fourth-order valence-corrected chi connectivity index (χ4v) is 4.77. The summed E-state index contributed by atoms with van der Waals surface area (Å²) in [6.45, 7) is 3.28.